The molecule has 0 aliphatic carbocycles. The van der Waals surface area contributed by atoms with E-state index in [1.54, 1.807) is 62.4 Å². The van der Waals surface area contributed by atoms with Gasteiger partial charge in [0.05, 0.1) is 18.5 Å². The van der Waals surface area contributed by atoms with Gasteiger partial charge in [-0.1, -0.05) is 130 Å². The number of ether oxygens (including phenoxy) is 3. The van der Waals surface area contributed by atoms with Crippen LogP contribution in [-0.2, 0) is 41.6 Å². The average Bonchev–Trinajstić information content (AvgIpc) is 3.44. The second kappa shape index (κ2) is 43.7. The first-order valence-corrected chi connectivity index (χ1v) is 27.9. The number of carbonyl (C=O) groups is 6. The van der Waals surface area contributed by atoms with Crippen molar-refractivity contribution in [1.82, 2.24) is 16.0 Å². The lowest BCUT2D eigenvalue weighted by molar-refractivity contribution is -0.136. The van der Waals surface area contributed by atoms with E-state index in [1.807, 2.05) is 59.7 Å². The van der Waals surface area contributed by atoms with Crippen LogP contribution in [0.5, 0.6) is 17.2 Å². The van der Waals surface area contributed by atoms with Crippen molar-refractivity contribution < 1.29 is 43.0 Å². The van der Waals surface area contributed by atoms with Gasteiger partial charge in [-0.2, -0.15) is 0 Å². The van der Waals surface area contributed by atoms with Gasteiger partial charge in [-0.25, -0.2) is 4.79 Å². The van der Waals surface area contributed by atoms with Crippen molar-refractivity contribution in [3.05, 3.63) is 113 Å². The highest BCUT2D eigenvalue weighted by Gasteiger charge is 2.27. The van der Waals surface area contributed by atoms with Crippen LogP contribution >= 0.6 is 0 Å². The predicted molar refractivity (Wildman–Crippen MR) is 313 cm³/mol. The minimum absolute atomic E-state index is 0.121. The van der Waals surface area contributed by atoms with Crippen LogP contribution in [0, 0.1) is 25.7 Å². The zero-order valence-electron chi connectivity index (χ0n) is 48.5. The lowest BCUT2D eigenvalue weighted by atomic mass is 9.86. The van der Waals surface area contributed by atoms with E-state index in [-0.39, 0.29) is 57.5 Å². The summed E-state index contributed by atoms with van der Waals surface area (Å²) >= 11 is 0. The molecular formula is C62H96N6O9. The van der Waals surface area contributed by atoms with E-state index in [4.69, 9.17) is 31.4 Å². The molecule has 4 atom stereocenters. The Hall–Kier alpha value is -6.42. The number of nitrogens with two attached hydrogens (primary N) is 3. The molecule has 3 unspecified atom stereocenters. The summed E-state index contributed by atoms with van der Waals surface area (Å²) in [5.41, 5.74) is 23.4. The number of hydrogen-bond acceptors (Lipinski definition) is 12. The molecule has 0 aliphatic rings. The summed E-state index contributed by atoms with van der Waals surface area (Å²) in [6.45, 7) is 23.0. The molecule has 0 saturated heterocycles. The van der Waals surface area contributed by atoms with Crippen molar-refractivity contribution in [1.29, 1.82) is 0 Å². The van der Waals surface area contributed by atoms with Crippen LogP contribution in [0.25, 0.3) is 11.1 Å². The summed E-state index contributed by atoms with van der Waals surface area (Å²) in [7, 11) is 0. The number of unbranched alkanes of at least 4 members (excludes halogenated alkanes) is 4. The molecule has 3 amide bonds. The van der Waals surface area contributed by atoms with Gasteiger partial charge in [0.25, 0.3) is 0 Å². The molecule has 15 nitrogen and oxygen atoms in total. The molecule has 0 radical (unpaired) electrons. The number of para-hydroxylation sites is 1. The highest BCUT2D eigenvalue weighted by atomic mass is 16.5. The summed E-state index contributed by atoms with van der Waals surface area (Å²) < 4.78 is 17.5. The number of nitrogens with one attached hydrogen (secondary N) is 3. The van der Waals surface area contributed by atoms with Crippen LogP contribution in [0.3, 0.4) is 0 Å². The molecule has 0 bridgehead atoms. The van der Waals surface area contributed by atoms with Gasteiger partial charge in [0.1, 0.15) is 43.3 Å². The largest absolute Gasteiger partial charge is 0.492 e. The van der Waals surface area contributed by atoms with Gasteiger partial charge in [0.2, 0.25) is 18.2 Å². The molecule has 0 saturated carbocycles. The number of aryl methyl sites for hydroxylation is 3. The van der Waals surface area contributed by atoms with Crippen molar-refractivity contribution in [3.8, 4) is 28.4 Å². The minimum atomic E-state index is -0.766. The van der Waals surface area contributed by atoms with Crippen molar-refractivity contribution in [2.45, 2.75) is 152 Å². The standard InChI is InChI=1S/C41H53N5O9.C15H24.C2H7N.2C2H6/c1-4-30(40(51)45-24-39(50)55-32-8-6-5-7-9-32)20-29-11-14-37(53-18-16-42)34(21-29)35-22-31(12-15-38(35)54-19-17-43)33(41(52)46-28(3)25-47)13-10-27(2)36(49)23-44-26-48;1-4-5-6-7-8-9-15-11-10-13(2)14(3)12-15;1-2-3;2*1-2/h5-9,11-12,14-15,21-22,25-28,30,33H,4,10,13,16-20,23-24,42-43H2,1-3H3,(H,44,48)(H,45,51)(H,46,52);10-12H,4-9H2,1-3H3;2-3H2,1H3;2*1-2H3/t27?,28-,30?,33?;;;;/m0..../s1. The maximum absolute atomic E-state index is 13.7. The van der Waals surface area contributed by atoms with Crippen molar-refractivity contribution in [2.75, 3.05) is 45.9 Å². The molecule has 9 N–H and O–H groups in total. The van der Waals surface area contributed by atoms with E-state index in [9.17, 15) is 28.8 Å². The zero-order chi connectivity index (χ0) is 58.0. The summed E-state index contributed by atoms with van der Waals surface area (Å²) in [6, 6.07) is 25.6. The normalized spacial score (nSPS) is 11.7. The lowest BCUT2D eigenvalue weighted by Gasteiger charge is -2.23. The molecule has 4 aromatic rings. The summed E-state index contributed by atoms with van der Waals surface area (Å²) in [4.78, 5) is 74.1. The Morgan fingerprint density at radius 3 is 1.83 bits per heavy atom. The molecule has 0 heterocycles. The van der Waals surface area contributed by atoms with E-state index in [0.717, 1.165) is 12.1 Å². The molecule has 4 aromatic carbocycles. The number of ketones is 1. The number of amides is 3. The summed E-state index contributed by atoms with van der Waals surface area (Å²) in [5, 5.41) is 7.82. The van der Waals surface area contributed by atoms with Crippen molar-refractivity contribution >= 4 is 36.3 Å². The Bertz CT molecular complexity index is 2280. The maximum Gasteiger partial charge on any atom is 0.330 e. The maximum atomic E-state index is 13.7. The molecule has 0 spiro atoms. The third kappa shape index (κ3) is 28.5. The van der Waals surface area contributed by atoms with Crippen LogP contribution in [0.15, 0.2) is 84.9 Å². The van der Waals surface area contributed by atoms with Crippen LogP contribution in [0.1, 0.15) is 147 Å². The first kappa shape index (κ1) is 70.6. The lowest BCUT2D eigenvalue weighted by Crippen LogP contribution is -2.37. The molecule has 0 aliphatic heterocycles. The molecule has 0 aromatic heterocycles. The number of benzene rings is 4. The number of rotatable bonds is 31. The first-order valence-electron chi connectivity index (χ1n) is 27.9. The van der Waals surface area contributed by atoms with E-state index in [2.05, 4.69) is 54.9 Å². The SMILES string of the molecule is CC.CC.CCC(Cc1ccc(OCCN)c(-c2cc(C(CCC(C)C(=O)CNC=O)C(=O)N[C@@H](C)C=O)ccc2OCCN)c1)C(=O)NCC(=O)Oc1ccccc1.CCCCCCCc1ccc(C)c(C)c1.CCN. The smallest absolute Gasteiger partial charge is 0.330 e. The third-order valence-electron chi connectivity index (χ3n) is 12.0. The van der Waals surface area contributed by atoms with Crippen molar-refractivity contribution in [2.24, 2.45) is 29.0 Å². The molecule has 77 heavy (non-hydrogen) atoms. The monoisotopic (exact) mass is 1070 g/mol. The third-order valence-corrected chi connectivity index (χ3v) is 12.0. The van der Waals surface area contributed by atoms with Gasteiger partial charge in [-0.3, -0.25) is 19.2 Å². The highest BCUT2D eigenvalue weighted by molar-refractivity contribution is 5.88. The molecule has 428 valence electrons. The number of carbonyl (C=O) groups excluding carboxylic acids is 6. The van der Waals surface area contributed by atoms with Crippen LogP contribution in [0.4, 0.5) is 0 Å². The van der Waals surface area contributed by atoms with Gasteiger partial charge in [0, 0.05) is 36.1 Å². The zero-order valence-corrected chi connectivity index (χ0v) is 48.5. The van der Waals surface area contributed by atoms with E-state index in [1.165, 1.54) is 55.2 Å². The fourth-order valence-electron chi connectivity index (χ4n) is 7.74. The van der Waals surface area contributed by atoms with Crippen LogP contribution in [-0.4, -0.2) is 88.2 Å². The van der Waals surface area contributed by atoms with Crippen LogP contribution in [0.2, 0.25) is 0 Å². The second-order valence-corrected chi connectivity index (χ2v) is 18.1. The Balaban J connectivity index is 0.00000219. The van der Waals surface area contributed by atoms with Crippen molar-refractivity contribution in [3.63, 3.8) is 0 Å². The first-order chi connectivity index (χ1) is 37.2. The molecule has 0 fully saturated rings. The van der Waals surface area contributed by atoms with Gasteiger partial charge < -0.3 is 52.2 Å². The summed E-state index contributed by atoms with van der Waals surface area (Å²) in [5.74, 6) is -1.84. The summed E-state index contributed by atoms with van der Waals surface area (Å²) in [6.07, 6.45) is 10.6. The van der Waals surface area contributed by atoms with Gasteiger partial charge in [-0.05, 0) is 130 Å². The van der Waals surface area contributed by atoms with E-state index < -0.39 is 35.7 Å². The quantitative estimate of drug-likeness (QED) is 0.0119. The fraction of sp³-hybridized carbons (Fsp3) is 0.516. The number of Topliss-reactive ketones (excluding diaryl/α,β-unsaturated/α-hetero) is 1. The van der Waals surface area contributed by atoms with Crippen LogP contribution < -0.4 is 47.4 Å². The van der Waals surface area contributed by atoms with E-state index in [0.29, 0.717) is 65.9 Å². The average molecular weight is 1070 g/mol. The van der Waals surface area contributed by atoms with Gasteiger partial charge >= 0.3 is 5.97 Å². The Morgan fingerprint density at radius 1 is 0.662 bits per heavy atom. The Kier molecular flexibility index (Phi) is 40.0. The predicted octanol–water partition coefficient (Wildman–Crippen LogP) is 9.67. The van der Waals surface area contributed by atoms with Gasteiger partial charge in [-0.15, -0.1) is 0 Å². The molecule has 4 rings (SSSR count). The minimum Gasteiger partial charge on any atom is -0.492 e. The number of aldehydes is 1. The van der Waals surface area contributed by atoms with E-state index >= 15 is 0 Å². The number of hydrogen-bond donors (Lipinski definition) is 6. The molecule has 15 heteroatoms. The second-order valence-electron chi connectivity index (χ2n) is 18.1. The number of esters is 1. The Labute approximate surface area is 461 Å². The Morgan fingerprint density at radius 2 is 1.26 bits per heavy atom. The highest BCUT2D eigenvalue weighted by Crippen LogP contribution is 2.40. The fourth-order valence-corrected chi connectivity index (χ4v) is 7.74. The van der Waals surface area contributed by atoms with Gasteiger partial charge in [0.15, 0.2) is 5.78 Å². The molecular weight excluding hydrogens is 973 g/mol. The topological polar surface area (TPSA) is 244 Å².